The van der Waals surface area contributed by atoms with Crippen molar-refractivity contribution in [2.24, 2.45) is 5.73 Å². The van der Waals surface area contributed by atoms with E-state index in [4.69, 9.17) is 5.73 Å². The molecular weight excluding hydrogens is 264 g/mol. The van der Waals surface area contributed by atoms with Crippen molar-refractivity contribution in [2.75, 3.05) is 0 Å². The fourth-order valence-corrected chi connectivity index (χ4v) is 3.15. The molecule has 3 heteroatoms. The van der Waals surface area contributed by atoms with E-state index < -0.39 is 0 Å². The summed E-state index contributed by atoms with van der Waals surface area (Å²) in [7, 11) is 0. The van der Waals surface area contributed by atoms with Gasteiger partial charge in [0, 0.05) is 27.1 Å². The Hall–Kier alpha value is -0.800. The Kier molecular flexibility index (Phi) is 2.33. The van der Waals surface area contributed by atoms with Crippen molar-refractivity contribution in [3.63, 3.8) is 0 Å². The van der Waals surface area contributed by atoms with E-state index in [0.29, 0.717) is 0 Å². The van der Waals surface area contributed by atoms with Crippen molar-refractivity contribution in [3.05, 3.63) is 34.4 Å². The number of hydrogen-bond donors (Lipinski definition) is 2. The first-order valence-electron chi connectivity index (χ1n) is 5.75. The standard InChI is InChI=1S/C13H15BrN2/c14-9-3-4-10-11(8-16-12(10)7-9)13(15)5-1-2-6-13/h3-4,7-8,16H,1-2,5-6,15H2. The average molecular weight is 279 g/mol. The molecule has 0 unspecified atom stereocenters. The first-order valence-corrected chi connectivity index (χ1v) is 6.54. The molecule has 1 fully saturated rings. The molecule has 84 valence electrons. The zero-order valence-electron chi connectivity index (χ0n) is 9.09. The van der Waals surface area contributed by atoms with Crippen LogP contribution >= 0.6 is 15.9 Å². The van der Waals surface area contributed by atoms with Crippen LogP contribution in [0, 0.1) is 0 Å². The lowest BCUT2D eigenvalue weighted by atomic mass is 9.89. The van der Waals surface area contributed by atoms with E-state index in [1.807, 2.05) is 0 Å². The monoisotopic (exact) mass is 278 g/mol. The van der Waals surface area contributed by atoms with Gasteiger partial charge in [0.15, 0.2) is 0 Å². The van der Waals surface area contributed by atoms with Crippen molar-refractivity contribution >= 4 is 26.8 Å². The van der Waals surface area contributed by atoms with Gasteiger partial charge in [0.05, 0.1) is 0 Å². The second kappa shape index (κ2) is 3.60. The topological polar surface area (TPSA) is 41.8 Å². The fourth-order valence-electron chi connectivity index (χ4n) is 2.79. The van der Waals surface area contributed by atoms with Gasteiger partial charge in [-0.05, 0) is 30.5 Å². The quantitative estimate of drug-likeness (QED) is 0.821. The molecular formula is C13H15BrN2. The summed E-state index contributed by atoms with van der Waals surface area (Å²) < 4.78 is 1.10. The van der Waals surface area contributed by atoms with Gasteiger partial charge in [0.1, 0.15) is 0 Å². The molecule has 3 N–H and O–H groups in total. The summed E-state index contributed by atoms with van der Waals surface area (Å²) >= 11 is 3.49. The van der Waals surface area contributed by atoms with E-state index in [9.17, 15) is 0 Å². The van der Waals surface area contributed by atoms with E-state index in [2.05, 4.69) is 45.3 Å². The van der Waals surface area contributed by atoms with Crippen molar-refractivity contribution in [1.29, 1.82) is 0 Å². The van der Waals surface area contributed by atoms with Gasteiger partial charge in [-0.15, -0.1) is 0 Å². The molecule has 0 amide bonds. The Morgan fingerprint density at radius 1 is 1.25 bits per heavy atom. The maximum absolute atomic E-state index is 6.50. The van der Waals surface area contributed by atoms with Gasteiger partial charge in [-0.3, -0.25) is 0 Å². The molecule has 1 heterocycles. The Morgan fingerprint density at radius 2 is 2.00 bits per heavy atom. The number of fused-ring (bicyclic) bond motifs is 1. The van der Waals surface area contributed by atoms with Crippen molar-refractivity contribution in [3.8, 4) is 0 Å². The SMILES string of the molecule is NC1(c2c[nH]c3cc(Br)ccc23)CCCC1. The molecule has 16 heavy (non-hydrogen) atoms. The third kappa shape index (κ3) is 1.50. The molecule has 0 spiro atoms. The summed E-state index contributed by atoms with van der Waals surface area (Å²) in [6.07, 6.45) is 6.80. The molecule has 1 aliphatic rings. The first kappa shape index (κ1) is 10.4. The average Bonchev–Trinajstić information content (AvgIpc) is 2.84. The van der Waals surface area contributed by atoms with E-state index in [0.717, 1.165) is 17.3 Å². The summed E-state index contributed by atoms with van der Waals surface area (Å²) in [6, 6.07) is 6.34. The third-order valence-electron chi connectivity index (χ3n) is 3.68. The lowest BCUT2D eigenvalue weighted by molar-refractivity contribution is 0.466. The van der Waals surface area contributed by atoms with Gasteiger partial charge in [-0.25, -0.2) is 0 Å². The summed E-state index contributed by atoms with van der Waals surface area (Å²) in [4.78, 5) is 3.32. The molecule has 2 aromatic rings. The summed E-state index contributed by atoms with van der Waals surface area (Å²) in [5.41, 5.74) is 8.84. The minimum atomic E-state index is -0.105. The molecule has 0 atom stereocenters. The summed E-state index contributed by atoms with van der Waals surface area (Å²) in [6.45, 7) is 0. The maximum atomic E-state index is 6.50. The van der Waals surface area contributed by atoms with Crippen LogP contribution in [0.1, 0.15) is 31.2 Å². The fraction of sp³-hybridized carbons (Fsp3) is 0.385. The van der Waals surface area contributed by atoms with Crippen LogP contribution in [0.5, 0.6) is 0 Å². The van der Waals surface area contributed by atoms with Crippen LogP contribution in [0.25, 0.3) is 10.9 Å². The van der Waals surface area contributed by atoms with Gasteiger partial charge in [0.2, 0.25) is 0 Å². The molecule has 1 saturated carbocycles. The smallest absolute Gasteiger partial charge is 0.0468 e. The minimum absolute atomic E-state index is 0.105. The Morgan fingerprint density at radius 3 is 2.75 bits per heavy atom. The lowest BCUT2D eigenvalue weighted by Crippen LogP contribution is -2.32. The number of H-pyrrole nitrogens is 1. The summed E-state index contributed by atoms with van der Waals surface area (Å²) in [5.74, 6) is 0. The Bertz CT molecular complexity index is 524. The lowest BCUT2D eigenvalue weighted by Gasteiger charge is -2.23. The molecule has 0 saturated heterocycles. The number of nitrogens with two attached hydrogens (primary N) is 1. The molecule has 1 aromatic heterocycles. The second-order valence-corrected chi connectivity index (χ2v) is 5.67. The van der Waals surface area contributed by atoms with Crippen LogP contribution in [0.2, 0.25) is 0 Å². The van der Waals surface area contributed by atoms with Crippen molar-refractivity contribution < 1.29 is 0 Å². The van der Waals surface area contributed by atoms with Gasteiger partial charge >= 0.3 is 0 Å². The molecule has 2 nitrogen and oxygen atoms in total. The third-order valence-corrected chi connectivity index (χ3v) is 4.17. The number of nitrogens with one attached hydrogen (secondary N) is 1. The molecule has 1 aromatic carbocycles. The first-order chi connectivity index (χ1) is 7.69. The zero-order chi connectivity index (χ0) is 11.2. The van der Waals surface area contributed by atoms with E-state index in [1.165, 1.54) is 29.3 Å². The highest BCUT2D eigenvalue weighted by Gasteiger charge is 2.33. The highest BCUT2D eigenvalue weighted by Crippen LogP contribution is 2.39. The van der Waals surface area contributed by atoms with E-state index in [1.54, 1.807) is 0 Å². The van der Waals surface area contributed by atoms with E-state index >= 15 is 0 Å². The number of aromatic amines is 1. The predicted octanol–water partition coefficient (Wildman–Crippen LogP) is 3.66. The van der Waals surface area contributed by atoms with Crippen LogP contribution in [0.15, 0.2) is 28.9 Å². The van der Waals surface area contributed by atoms with E-state index in [-0.39, 0.29) is 5.54 Å². The molecule has 3 rings (SSSR count). The number of hydrogen-bond acceptors (Lipinski definition) is 1. The van der Waals surface area contributed by atoms with Crippen LogP contribution in [0.3, 0.4) is 0 Å². The van der Waals surface area contributed by atoms with Crippen LogP contribution in [-0.4, -0.2) is 4.98 Å². The van der Waals surface area contributed by atoms with Crippen molar-refractivity contribution in [2.45, 2.75) is 31.2 Å². The number of halogens is 1. The molecule has 0 aliphatic heterocycles. The highest BCUT2D eigenvalue weighted by atomic mass is 79.9. The molecule has 1 aliphatic carbocycles. The van der Waals surface area contributed by atoms with Crippen LogP contribution in [-0.2, 0) is 5.54 Å². The zero-order valence-corrected chi connectivity index (χ0v) is 10.7. The van der Waals surface area contributed by atoms with Crippen LogP contribution < -0.4 is 5.73 Å². The van der Waals surface area contributed by atoms with Crippen LogP contribution in [0.4, 0.5) is 0 Å². The second-order valence-electron chi connectivity index (χ2n) is 4.76. The van der Waals surface area contributed by atoms with Gasteiger partial charge < -0.3 is 10.7 Å². The highest BCUT2D eigenvalue weighted by molar-refractivity contribution is 9.10. The number of benzene rings is 1. The molecule has 0 radical (unpaired) electrons. The predicted molar refractivity (Wildman–Crippen MR) is 70.3 cm³/mol. The largest absolute Gasteiger partial charge is 0.361 e. The Balaban J connectivity index is 2.17. The van der Waals surface area contributed by atoms with Crippen molar-refractivity contribution in [1.82, 2.24) is 4.98 Å². The number of rotatable bonds is 1. The van der Waals surface area contributed by atoms with Gasteiger partial charge in [0.25, 0.3) is 0 Å². The maximum Gasteiger partial charge on any atom is 0.0468 e. The minimum Gasteiger partial charge on any atom is -0.361 e. The van der Waals surface area contributed by atoms with Gasteiger partial charge in [-0.1, -0.05) is 34.8 Å². The van der Waals surface area contributed by atoms with Gasteiger partial charge in [-0.2, -0.15) is 0 Å². The molecule has 0 bridgehead atoms. The normalized spacial score (nSPS) is 19.4. The number of aromatic nitrogens is 1. The Labute approximate surface area is 103 Å². The summed E-state index contributed by atoms with van der Waals surface area (Å²) in [5, 5.41) is 1.27.